The molecule has 5 nitrogen and oxygen atoms in total. The van der Waals surface area contributed by atoms with E-state index in [9.17, 15) is 4.79 Å². The summed E-state index contributed by atoms with van der Waals surface area (Å²) in [6.07, 6.45) is 1.94. The molecular weight excluding hydrogens is 242 g/mol. The van der Waals surface area contributed by atoms with Crippen LogP contribution in [0, 0.1) is 6.92 Å². The predicted octanol–water partition coefficient (Wildman–Crippen LogP) is 2.60. The van der Waals surface area contributed by atoms with Crippen molar-refractivity contribution >= 4 is 11.7 Å². The van der Waals surface area contributed by atoms with Crippen molar-refractivity contribution in [2.45, 2.75) is 19.9 Å². The van der Waals surface area contributed by atoms with Crippen LogP contribution in [0.4, 0.5) is 5.69 Å². The highest BCUT2D eigenvalue weighted by atomic mass is 16.4. The molecule has 0 saturated heterocycles. The highest BCUT2D eigenvalue weighted by Crippen LogP contribution is 2.23. The number of hydrogen-bond acceptors (Lipinski definition) is 3. The largest absolute Gasteiger partial charge is 0.478 e. The van der Waals surface area contributed by atoms with Crippen LogP contribution in [0.5, 0.6) is 0 Å². The molecule has 1 unspecified atom stereocenters. The molecule has 1 aromatic carbocycles. The molecule has 0 saturated carbocycles. The average molecular weight is 259 g/mol. The van der Waals surface area contributed by atoms with E-state index in [0.29, 0.717) is 5.69 Å². The standard InChI is InChI=1S/C14H17N3O2/c1-9(12-8-17(3)16-10(12)2)15-13-7-5-4-6-11(13)14(18)19/h4-9,15H,1-3H3,(H,18,19). The Morgan fingerprint density at radius 2 is 2.11 bits per heavy atom. The molecule has 2 aromatic rings. The van der Waals surface area contributed by atoms with Gasteiger partial charge in [0.15, 0.2) is 0 Å². The topological polar surface area (TPSA) is 67.2 Å². The lowest BCUT2D eigenvalue weighted by molar-refractivity contribution is 0.0698. The maximum Gasteiger partial charge on any atom is 0.337 e. The maximum atomic E-state index is 11.2. The number of aromatic nitrogens is 2. The van der Waals surface area contributed by atoms with Gasteiger partial charge in [0.2, 0.25) is 0 Å². The number of aryl methyl sites for hydroxylation is 2. The second kappa shape index (κ2) is 5.14. The molecule has 2 N–H and O–H groups in total. The molecule has 0 aliphatic heterocycles. The van der Waals surface area contributed by atoms with E-state index in [2.05, 4.69) is 10.4 Å². The van der Waals surface area contributed by atoms with Gasteiger partial charge in [0.25, 0.3) is 0 Å². The number of nitrogens with one attached hydrogen (secondary N) is 1. The lowest BCUT2D eigenvalue weighted by Gasteiger charge is -2.16. The Hall–Kier alpha value is -2.30. The summed E-state index contributed by atoms with van der Waals surface area (Å²) in [5.41, 5.74) is 2.89. The molecule has 1 atom stereocenters. The van der Waals surface area contributed by atoms with Crippen LogP contribution < -0.4 is 5.32 Å². The Bertz CT molecular complexity index is 604. The Morgan fingerprint density at radius 3 is 2.68 bits per heavy atom. The van der Waals surface area contributed by atoms with Gasteiger partial charge in [-0.15, -0.1) is 0 Å². The zero-order valence-corrected chi connectivity index (χ0v) is 11.2. The average Bonchev–Trinajstić information content (AvgIpc) is 2.69. The fraction of sp³-hybridized carbons (Fsp3) is 0.286. The van der Waals surface area contributed by atoms with Crippen molar-refractivity contribution in [1.29, 1.82) is 0 Å². The zero-order valence-electron chi connectivity index (χ0n) is 11.2. The van der Waals surface area contributed by atoms with Gasteiger partial charge in [0.05, 0.1) is 17.3 Å². The number of hydrogen-bond donors (Lipinski definition) is 2. The summed E-state index contributed by atoms with van der Waals surface area (Å²) in [4.78, 5) is 11.2. The lowest BCUT2D eigenvalue weighted by Crippen LogP contribution is -2.11. The smallest absolute Gasteiger partial charge is 0.337 e. The van der Waals surface area contributed by atoms with Gasteiger partial charge in [0, 0.05) is 24.5 Å². The molecule has 1 aromatic heterocycles. The summed E-state index contributed by atoms with van der Waals surface area (Å²) in [7, 11) is 1.87. The fourth-order valence-corrected chi connectivity index (χ4v) is 2.15. The van der Waals surface area contributed by atoms with Crippen LogP contribution in [-0.2, 0) is 7.05 Å². The number of para-hydroxylation sites is 1. The summed E-state index contributed by atoms with van der Waals surface area (Å²) >= 11 is 0. The van der Waals surface area contributed by atoms with Crippen LogP contribution in [0.15, 0.2) is 30.5 Å². The summed E-state index contributed by atoms with van der Waals surface area (Å²) in [6.45, 7) is 3.93. The van der Waals surface area contributed by atoms with Gasteiger partial charge < -0.3 is 10.4 Å². The van der Waals surface area contributed by atoms with Crippen LogP contribution in [0.1, 0.15) is 34.6 Å². The van der Waals surface area contributed by atoms with Crippen molar-refractivity contribution in [3.63, 3.8) is 0 Å². The predicted molar refractivity (Wildman–Crippen MR) is 73.4 cm³/mol. The summed E-state index contributed by atoms with van der Waals surface area (Å²) in [5, 5.41) is 16.7. The molecule has 0 aliphatic carbocycles. The minimum absolute atomic E-state index is 0.00537. The highest BCUT2D eigenvalue weighted by molar-refractivity contribution is 5.94. The monoisotopic (exact) mass is 259 g/mol. The van der Waals surface area contributed by atoms with Gasteiger partial charge in [-0.05, 0) is 26.0 Å². The van der Waals surface area contributed by atoms with Crippen LogP contribution >= 0.6 is 0 Å². The highest BCUT2D eigenvalue weighted by Gasteiger charge is 2.15. The lowest BCUT2D eigenvalue weighted by atomic mass is 10.1. The van der Waals surface area contributed by atoms with Gasteiger partial charge in [-0.2, -0.15) is 5.10 Å². The number of carboxylic acid groups (broad SMARTS) is 1. The van der Waals surface area contributed by atoms with Crippen molar-refractivity contribution < 1.29 is 9.90 Å². The van der Waals surface area contributed by atoms with Crippen LogP contribution in [-0.4, -0.2) is 20.9 Å². The molecule has 0 aliphatic rings. The van der Waals surface area contributed by atoms with E-state index >= 15 is 0 Å². The SMILES string of the molecule is Cc1nn(C)cc1C(C)Nc1ccccc1C(=O)O. The third-order valence-electron chi connectivity index (χ3n) is 3.05. The first-order chi connectivity index (χ1) is 8.99. The summed E-state index contributed by atoms with van der Waals surface area (Å²) in [5.74, 6) is -0.932. The maximum absolute atomic E-state index is 11.2. The van der Waals surface area contributed by atoms with Gasteiger partial charge in [-0.25, -0.2) is 4.79 Å². The zero-order chi connectivity index (χ0) is 14.0. The van der Waals surface area contributed by atoms with Gasteiger partial charge in [-0.1, -0.05) is 12.1 Å². The summed E-state index contributed by atoms with van der Waals surface area (Å²) in [6, 6.07) is 6.89. The van der Waals surface area contributed by atoms with Crippen LogP contribution in [0.2, 0.25) is 0 Å². The Labute approximate surface area is 111 Å². The number of rotatable bonds is 4. The van der Waals surface area contributed by atoms with Crippen LogP contribution in [0.25, 0.3) is 0 Å². The Kier molecular flexibility index (Phi) is 3.55. The Balaban J connectivity index is 2.26. The van der Waals surface area contributed by atoms with E-state index in [1.54, 1.807) is 22.9 Å². The number of benzene rings is 1. The molecule has 5 heteroatoms. The van der Waals surface area contributed by atoms with Gasteiger partial charge in [0.1, 0.15) is 0 Å². The van der Waals surface area contributed by atoms with E-state index in [0.717, 1.165) is 11.3 Å². The first-order valence-corrected chi connectivity index (χ1v) is 6.08. The quantitative estimate of drug-likeness (QED) is 0.885. The Morgan fingerprint density at radius 1 is 1.42 bits per heavy atom. The normalized spacial score (nSPS) is 12.2. The van der Waals surface area contributed by atoms with Gasteiger partial charge in [-0.3, -0.25) is 4.68 Å². The minimum atomic E-state index is -0.932. The molecule has 100 valence electrons. The fourth-order valence-electron chi connectivity index (χ4n) is 2.15. The molecule has 0 bridgehead atoms. The molecule has 0 fully saturated rings. The second-order valence-electron chi connectivity index (χ2n) is 4.56. The minimum Gasteiger partial charge on any atom is -0.478 e. The molecule has 0 amide bonds. The molecule has 19 heavy (non-hydrogen) atoms. The van der Waals surface area contributed by atoms with E-state index < -0.39 is 5.97 Å². The van der Waals surface area contributed by atoms with Crippen molar-refractivity contribution in [1.82, 2.24) is 9.78 Å². The first-order valence-electron chi connectivity index (χ1n) is 6.08. The number of nitrogens with zero attached hydrogens (tertiary/aromatic N) is 2. The molecule has 0 radical (unpaired) electrons. The van der Waals surface area contributed by atoms with E-state index in [1.807, 2.05) is 33.2 Å². The number of carbonyl (C=O) groups is 1. The summed E-state index contributed by atoms with van der Waals surface area (Å²) < 4.78 is 1.76. The molecule has 1 heterocycles. The molecule has 0 spiro atoms. The van der Waals surface area contributed by atoms with Crippen molar-refractivity contribution in [3.05, 3.63) is 47.3 Å². The molecular formula is C14H17N3O2. The third kappa shape index (κ3) is 2.76. The molecule has 2 rings (SSSR count). The third-order valence-corrected chi connectivity index (χ3v) is 3.05. The number of carboxylic acids is 1. The van der Waals surface area contributed by atoms with Crippen molar-refractivity contribution in [3.8, 4) is 0 Å². The number of anilines is 1. The van der Waals surface area contributed by atoms with Crippen LogP contribution in [0.3, 0.4) is 0 Å². The second-order valence-corrected chi connectivity index (χ2v) is 4.56. The van der Waals surface area contributed by atoms with E-state index in [-0.39, 0.29) is 11.6 Å². The van der Waals surface area contributed by atoms with Crippen molar-refractivity contribution in [2.75, 3.05) is 5.32 Å². The van der Waals surface area contributed by atoms with Crippen molar-refractivity contribution in [2.24, 2.45) is 7.05 Å². The van der Waals surface area contributed by atoms with E-state index in [4.69, 9.17) is 5.11 Å². The number of aromatic carboxylic acids is 1. The first kappa shape index (κ1) is 13.1. The van der Waals surface area contributed by atoms with Gasteiger partial charge >= 0.3 is 5.97 Å². The van der Waals surface area contributed by atoms with E-state index in [1.165, 1.54) is 0 Å².